The Labute approximate surface area is 138 Å². The second-order valence-electron chi connectivity index (χ2n) is 6.11. The van der Waals surface area contributed by atoms with E-state index in [0.29, 0.717) is 19.1 Å². The molecule has 23 heavy (non-hydrogen) atoms. The maximum atomic E-state index is 12.2. The van der Waals surface area contributed by atoms with E-state index < -0.39 is 0 Å². The number of hydrogen-bond acceptors (Lipinski definition) is 3. The van der Waals surface area contributed by atoms with Crippen LogP contribution in [0.3, 0.4) is 0 Å². The highest BCUT2D eigenvalue weighted by Gasteiger charge is 2.27. The van der Waals surface area contributed by atoms with Crippen LogP contribution in [0.5, 0.6) is 0 Å². The molecule has 1 N–H and O–H groups in total. The number of carbonyl (C=O) groups is 2. The summed E-state index contributed by atoms with van der Waals surface area (Å²) in [5.41, 5.74) is 1.75. The number of amides is 2. The molecule has 126 valence electrons. The van der Waals surface area contributed by atoms with Crippen LogP contribution in [0.2, 0.25) is 0 Å². The van der Waals surface area contributed by atoms with Crippen molar-refractivity contribution in [2.45, 2.75) is 33.1 Å². The minimum atomic E-state index is -0.255. The Morgan fingerprint density at radius 1 is 1.35 bits per heavy atom. The maximum Gasteiger partial charge on any atom is 0.233 e. The van der Waals surface area contributed by atoms with E-state index in [0.717, 1.165) is 37.2 Å². The van der Waals surface area contributed by atoms with Crippen molar-refractivity contribution < 1.29 is 14.3 Å². The number of ether oxygens (including phenoxy) is 1. The summed E-state index contributed by atoms with van der Waals surface area (Å²) in [6.45, 7) is 6.89. The van der Waals surface area contributed by atoms with Gasteiger partial charge >= 0.3 is 0 Å². The van der Waals surface area contributed by atoms with Gasteiger partial charge in [0, 0.05) is 31.3 Å². The lowest BCUT2D eigenvalue weighted by molar-refractivity contribution is -0.133. The van der Waals surface area contributed by atoms with Crippen molar-refractivity contribution in [3.05, 3.63) is 29.8 Å². The fourth-order valence-electron chi connectivity index (χ4n) is 2.75. The molecule has 0 aliphatic carbocycles. The predicted molar refractivity (Wildman–Crippen MR) is 90.2 cm³/mol. The number of nitrogens with one attached hydrogen (secondary N) is 1. The number of rotatable bonds is 7. The molecule has 1 aromatic rings. The second-order valence-corrected chi connectivity index (χ2v) is 6.11. The third-order valence-corrected chi connectivity index (χ3v) is 4.07. The Kier molecular flexibility index (Phi) is 6.59. The summed E-state index contributed by atoms with van der Waals surface area (Å²) in [7, 11) is 0. The maximum absolute atomic E-state index is 12.2. The number of nitrogens with zero attached hydrogens (tertiary/aromatic N) is 1. The molecule has 5 heteroatoms. The van der Waals surface area contributed by atoms with Crippen LogP contribution in [-0.2, 0) is 14.3 Å². The first-order chi connectivity index (χ1) is 11.1. The van der Waals surface area contributed by atoms with Crippen LogP contribution in [0.1, 0.15) is 31.7 Å². The Morgan fingerprint density at radius 2 is 2.13 bits per heavy atom. The van der Waals surface area contributed by atoms with Gasteiger partial charge < -0.3 is 15.0 Å². The van der Waals surface area contributed by atoms with E-state index in [1.807, 2.05) is 31.2 Å². The SMILES string of the molecule is CCCOC[C@@H]1CCN(C(=O)CC(=O)Nc2ccccc2C)C1. The van der Waals surface area contributed by atoms with Crippen molar-refractivity contribution in [2.24, 2.45) is 5.92 Å². The molecule has 1 aliphatic rings. The van der Waals surface area contributed by atoms with E-state index in [2.05, 4.69) is 12.2 Å². The molecule has 1 heterocycles. The van der Waals surface area contributed by atoms with Crippen molar-refractivity contribution in [3.8, 4) is 0 Å². The molecule has 0 saturated carbocycles. The molecule has 1 saturated heterocycles. The first kappa shape index (κ1) is 17.5. The second kappa shape index (κ2) is 8.67. The minimum Gasteiger partial charge on any atom is -0.381 e. The van der Waals surface area contributed by atoms with E-state index in [-0.39, 0.29) is 18.2 Å². The van der Waals surface area contributed by atoms with Crippen LogP contribution >= 0.6 is 0 Å². The Balaban J connectivity index is 1.76. The fraction of sp³-hybridized carbons (Fsp3) is 0.556. The summed E-state index contributed by atoms with van der Waals surface area (Å²) in [5, 5.41) is 2.81. The van der Waals surface area contributed by atoms with E-state index in [1.165, 1.54) is 0 Å². The largest absolute Gasteiger partial charge is 0.381 e. The highest BCUT2D eigenvalue weighted by Crippen LogP contribution is 2.18. The lowest BCUT2D eigenvalue weighted by atomic mass is 10.1. The highest BCUT2D eigenvalue weighted by atomic mass is 16.5. The van der Waals surface area contributed by atoms with Crippen LogP contribution in [0.25, 0.3) is 0 Å². The molecule has 2 rings (SSSR count). The van der Waals surface area contributed by atoms with Gasteiger partial charge in [0.05, 0.1) is 6.61 Å². The first-order valence-corrected chi connectivity index (χ1v) is 8.31. The van der Waals surface area contributed by atoms with Gasteiger partial charge in [-0.15, -0.1) is 0 Å². The number of hydrogen-bond donors (Lipinski definition) is 1. The van der Waals surface area contributed by atoms with E-state index in [1.54, 1.807) is 4.90 Å². The van der Waals surface area contributed by atoms with Gasteiger partial charge in [-0.05, 0) is 31.4 Å². The van der Waals surface area contributed by atoms with Crippen LogP contribution in [0.15, 0.2) is 24.3 Å². The lowest BCUT2D eigenvalue weighted by Crippen LogP contribution is -2.32. The number of aryl methyl sites for hydroxylation is 1. The van der Waals surface area contributed by atoms with Gasteiger partial charge in [0.1, 0.15) is 6.42 Å². The molecular formula is C18H26N2O3. The van der Waals surface area contributed by atoms with Gasteiger partial charge in [-0.3, -0.25) is 9.59 Å². The number of para-hydroxylation sites is 1. The molecule has 0 aromatic heterocycles. The van der Waals surface area contributed by atoms with Crippen molar-refractivity contribution in [1.29, 1.82) is 0 Å². The molecule has 1 fully saturated rings. The molecule has 0 bridgehead atoms. The van der Waals surface area contributed by atoms with Gasteiger partial charge in [-0.25, -0.2) is 0 Å². The molecule has 1 aromatic carbocycles. The molecule has 2 amide bonds. The summed E-state index contributed by atoms with van der Waals surface area (Å²) in [5.74, 6) is 0.0361. The monoisotopic (exact) mass is 318 g/mol. The normalized spacial score (nSPS) is 17.3. The van der Waals surface area contributed by atoms with Gasteiger partial charge in [-0.1, -0.05) is 25.1 Å². The molecule has 1 atom stereocenters. The van der Waals surface area contributed by atoms with Crippen molar-refractivity contribution >= 4 is 17.5 Å². The Bertz CT molecular complexity index is 545. The van der Waals surface area contributed by atoms with Crippen LogP contribution in [-0.4, -0.2) is 43.0 Å². The van der Waals surface area contributed by atoms with Gasteiger partial charge in [0.15, 0.2) is 0 Å². The standard InChI is InChI=1S/C18H26N2O3/c1-3-10-23-13-15-8-9-20(12-15)18(22)11-17(21)19-16-7-5-4-6-14(16)2/h4-7,15H,3,8-13H2,1-2H3,(H,19,21)/t15-/m1/s1. The molecule has 0 radical (unpaired) electrons. The van der Waals surface area contributed by atoms with Crippen molar-refractivity contribution in [3.63, 3.8) is 0 Å². The predicted octanol–water partition coefficient (Wildman–Crippen LogP) is 2.60. The number of anilines is 1. The first-order valence-electron chi connectivity index (χ1n) is 8.31. The number of carbonyl (C=O) groups excluding carboxylic acids is 2. The molecule has 0 unspecified atom stereocenters. The van der Waals surface area contributed by atoms with E-state index >= 15 is 0 Å². The van der Waals surface area contributed by atoms with E-state index in [4.69, 9.17) is 4.74 Å². The average molecular weight is 318 g/mol. The quantitative estimate of drug-likeness (QED) is 0.621. The zero-order valence-electron chi connectivity index (χ0n) is 14.0. The zero-order chi connectivity index (χ0) is 16.7. The molecule has 0 spiro atoms. The summed E-state index contributed by atoms with van der Waals surface area (Å²) in [6.07, 6.45) is 1.86. The lowest BCUT2D eigenvalue weighted by Gasteiger charge is -2.17. The fourth-order valence-corrected chi connectivity index (χ4v) is 2.75. The summed E-state index contributed by atoms with van der Waals surface area (Å²) in [4.78, 5) is 26.0. The average Bonchev–Trinajstić information content (AvgIpc) is 2.99. The third-order valence-electron chi connectivity index (χ3n) is 4.07. The Morgan fingerprint density at radius 3 is 2.87 bits per heavy atom. The third kappa shape index (κ3) is 5.36. The van der Waals surface area contributed by atoms with Crippen LogP contribution in [0.4, 0.5) is 5.69 Å². The van der Waals surface area contributed by atoms with Crippen LogP contribution < -0.4 is 5.32 Å². The molecule has 5 nitrogen and oxygen atoms in total. The molecule has 1 aliphatic heterocycles. The summed E-state index contributed by atoms with van der Waals surface area (Å²) >= 11 is 0. The van der Waals surface area contributed by atoms with Gasteiger partial charge in [-0.2, -0.15) is 0 Å². The number of likely N-dealkylation sites (tertiary alicyclic amines) is 1. The van der Waals surface area contributed by atoms with Gasteiger partial charge in [0.25, 0.3) is 0 Å². The van der Waals surface area contributed by atoms with Gasteiger partial charge in [0.2, 0.25) is 11.8 Å². The van der Waals surface area contributed by atoms with Crippen molar-refractivity contribution in [2.75, 3.05) is 31.6 Å². The minimum absolute atomic E-state index is 0.100. The zero-order valence-corrected chi connectivity index (χ0v) is 14.0. The Hall–Kier alpha value is -1.88. The van der Waals surface area contributed by atoms with Crippen LogP contribution in [0, 0.1) is 12.8 Å². The van der Waals surface area contributed by atoms with E-state index in [9.17, 15) is 9.59 Å². The summed E-state index contributed by atoms with van der Waals surface area (Å²) in [6, 6.07) is 7.56. The number of benzene rings is 1. The molecular weight excluding hydrogens is 292 g/mol. The van der Waals surface area contributed by atoms with Crippen molar-refractivity contribution in [1.82, 2.24) is 4.90 Å². The topological polar surface area (TPSA) is 58.6 Å². The highest BCUT2D eigenvalue weighted by molar-refractivity contribution is 6.03. The smallest absolute Gasteiger partial charge is 0.233 e. The summed E-state index contributed by atoms with van der Waals surface area (Å²) < 4.78 is 5.55.